The third-order valence-electron chi connectivity index (χ3n) is 4.31. The molecule has 6 heteroatoms. The number of thiophene rings is 2. The number of hydrogen-bond donors (Lipinski definition) is 1. The van der Waals surface area contributed by atoms with Gasteiger partial charge >= 0.3 is 0 Å². The van der Waals surface area contributed by atoms with Gasteiger partial charge in [0, 0.05) is 17.3 Å². The number of aryl methyl sites for hydroxylation is 2. The molecular weight excluding hydrogens is 348 g/mol. The second kappa shape index (κ2) is 6.54. The predicted octanol–water partition coefficient (Wildman–Crippen LogP) is 5.60. The Hall–Kier alpha value is -2.31. The van der Waals surface area contributed by atoms with Gasteiger partial charge in [0.15, 0.2) is 5.82 Å². The summed E-state index contributed by atoms with van der Waals surface area (Å²) in [6, 6.07) is 8.24. The predicted molar refractivity (Wildman–Crippen MR) is 106 cm³/mol. The van der Waals surface area contributed by atoms with Crippen molar-refractivity contribution in [2.24, 2.45) is 0 Å². The minimum atomic E-state index is 0.114. The van der Waals surface area contributed by atoms with E-state index in [1.807, 2.05) is 18.3 Å². The summed E-state index contributed by atoms with van der Waals surface area (Å²) in [5.41, 5.74) is 2.38. The minimum Gasteiger partial charge on any atom is -0.363 e. The Morgan fingerprint density at radius 2 is 2.00 bits per heavy atom. The summed E-state index contributed by atoms with van der Waals surface area (Å²) >= 11 is 3.39. The SMILES string of the molecule is Cc1sc2nc(-c3cccs3)nc(NC(C)c3cccnc3)c2c1C. The van der Waals surface area contributed by atoms with Crippen molar-refractivity contribution in [3.63, 3.8) is 0 Å². The van der Waals surface area contributed by atoms with Gasteiger partial charge in [-0.05, 0) is 49.4 Å². The highest BCUT2D eigenvalue weighted by Gasteiger charge is 2.17. The molecule has 1 unspecified atom stereocenters. The third-order valence-corrected chi connectivity index (χ3v) is 6.27. The van der Waals surface area contributed by atoms with Gasteiger partial charge in [0.1, 0.15) is 10.6 Å². The maximum Gasteiger partial charge on any atom is 0.173 e. The van der Waals surface area contributed by atoms with Crippen LogP contribution >= 0.6 is 22.7 Å². The fraction of sp³-hybridized carbons (Fsp3) is 0.211. The summed E-state index contributed by atoms with van der Waals surface area (Å²) in [4.78, 5) is 17.3. The van der Waals surface area contributed by atoms with Crippen molar-refractivity contribution >= 4 is 38.7 Å². The monoisotopic (exact) mass is 366 g/mol. The standard InChI is InChI=1S/C19H18N4S2/c1-11-13(3)25-19-16(11)18(21-12(2)14-6-4-8-20-10-14)22-17(23-19)15-7-5-9-24-15/h4-10,12H,1-3H3,(H,21,22,23). The maximum atomic E-state index is 4.86. The lowest BCUT2D eigenvalue weighted by molar-refractivity contribution is 0.868. The van der Waals surface area contributed by atoms with Gasteiger partial charge in [-0.2, -0.15) is 0 Å². The molecular formula is C19H18N4S2. The van der Waals surface area contributed by atoms with Gasteiger partial charge in [-0.15, -0.1) is 22.7 Å². The van der Waals surface area contributed by atoms with Crippen molar-refractivity contribution in [3.05, 3.63) is 58.0 Å². The van der Waals surface area contributed by atoms with Crippen molar-refractivity contribution in [3.8, 4) is 10.7 Å². The number of fused-ring (bicyclic) bond motifs is 1. The number of rotatable bonds is 4. The molecule has 1 N–H and O–H groups in total. The van der Waals surface area contributed by atoms with E-state index in [9.17, 15) is 0 Å². The Morgan fingerprint density at radius 1 is 1.12 bits per heavy atom. The molecule has 25 heavy (non-hydrogen) atoms. The molecule has 0 aliphatic carbocycles. The van der Waals surface area contributed by atoms with Crippen LogP contribution in [0.2, 0.25) is 0 Å². The molecule has 0 bridgehead atoms. The van der Waals surface area contributed by atoms with Crippen LogP contribution in [0.4, 0.5) is 5.82 Å². The van der Waals surface area contributed by atoms with E-state index in [1.165, 1.54) is 10.4 Å². The lowest BCUT2D eigenvalue weighted by Crippen LogP contribution is -2.09. The summed E-state index contributed by atoms with van der Waals surface area (Å²) in [5.74, 6) is 1.68. The number of pyridine rings is 1. The number of nitrogens with one attached hydrogen (secondary N) is 1. The highest BCUT2D eigenvalue weighted by molar-refractivity contribution is 7.19. The fourth-order valence-electron chi connectivity index (χ4n) is 2.79. The highest BCUT2D eigenvalue weighted by atomic mass is 32.1. The fourth-order valence-corrected chi connectivity index (χ4v) is 4.48. The smallest absolute Gasteiger partial charge is 0.173 e. The first kappa shape index (κ1) is 16.2. The quantitative estimate of drug-likeness (QED) is 0.510. The number of hydrogen-bond acceptors (Lipinski definition) is 6. The van der Waals surface area contributed by atoms with E-state index in [0.717, 1.165) is 32.3 Å². The van der Waals surface area contributed by atoms with Gasteiger partial charge in [0.2, 0.25) is 0 Å². The molecule has 0 saturated heterocycles. The summed E-state index contributed by atoms with van der Waals surface area (Å²) in [5, 5.41) is 6.76. The molecule has 0 saturated carbocycles. The van der Waals surface area contributed by atoms with Gasteiger partial charge in [0.25, 0.3) is 0 Å². The molecule has 0 aliphatic heterocycles. The summed E-state index contributed by atoms with van der Waals surface area (Å²) in [6.45, 7) is 6.41. The molecule has 126 valence electrons. The van der Waals surface area contributed by atoms with Crippen molar-refractivity contribution in [1.82, 2.24) is 15.0 Å². The van der Waals surface area contributed by atoms with Gasteiger partial charge in [-0.3, -0.25) is 4.98 Å². The topological polar surface area (TPSA) is 50.7 Å². The van der Waals surface area contributed by atoms with E-state index in [-0.39, 0.29) is 6.04 Å². The van der Waals surface area contributed by atoms with Gasteiger partial charge in [-0.1, -0.05) is 12.1 Å². The van der Waals surface area contributed by atoms with Crippen LogP contribution in [0.15, 0.2) is 42.0 Å². The lowest BCUT2D eigenvalue weighted by Gasteiger charge is -2.16. The zero-order valence-electron chi connectivity index (χ0n) is 14.3. The normalized spacial score (nSPS) is 12.4. The highest BCUT2D eigenvalue weighted by Crippen LogP contribution is 2.36. The van der Waals surface area contributed by atoms with Crippen LogP contribution in [-0.4, -0.2) is 15.0 Å². The van der Waals surface area contributed by atoms with E-state index < -0.39 is 0 Å². The Labute approximate surface area is 154 Å². The second-order valence-electron chi connectivity index (χ2n) is 5.99. The molecule has 4 heterocycles. The lowest BCUT2D eigenvalue weighted by atomic mass is 10.1. The summed E-state index contributed by atoms with van der Waals surface area (Å²) in [7, 11) is 0. The molecule has 4 rings (SSSR count). The Balaban J connectivity index is 1.83. The second-order valence-corrected chi connectivity index (χ2v) is 8.14. The van der Waals surface area contributed by atoms with Crippen LogP contribution in [0.5, 0.6) is 0 Å². The molecule has 1 atom stereocenters. The van der Waals surface area contributed by atoms with E-state index in [2.05, 4.69) is 48.6 Å². The Kier molecular flexibility index (Phi) is 4.23. The first-order valence-corrected chi connectivity index (χ1v) is 9.81. The van der Waals surface area contributed by atoms with Crippen LogP contribution in [0.3, 0.4) is 0 Å². The molecule has 0 radical (unpaired) electrons. The molecule has 0 amide bonds. The zero-order chi connectivity index (χ0) is 17.4. The first-order valence-electron chi connectivity index (χ1n) is 8.11. The van der Waals surface area contributed by atoms with Crippen LogP contribution in [0.25, 0.3) is 20.9 Å². The largest absolute Gasteiger partial charge is 0.363 e. The third kappa shape index (κ3) is 3.03. The number of aromatic nitrogens is 3. The van der Waals surface area contributed by atoms with Crippen LogP contribution in [0.1, 0.15) is 29.0 Å². The maximum absolute atomic E-state index is 4.86. The zero-order valence-corrected chi connectivity index (χ0v) is 15.9. The van der Waals surface area contributed by atoms with E-state index in [0.29, 0.717) is 0 Å². The van der Waals surface area contributed by atoms with Crippen LogP contribution < -0.4 is 5.32 Å². The van der Waals surface area contributed by atoms with Gasteiger partial charge in [0.05, 0.1) is 16.3 Å². The van der Waals surface area contributed by atoms with Crippen molar-refractivity contribution < 1.29 is 0 Å². The minimum absolute atomic E-state index is 0.114. The van der Waals surface area contributed by atoms with Crippen LogP contribution in [-0.2, 0) is 0 Å². The number of anilines is 1. The molecule has 0 aromatic carbocycles. The van der Waals surface area contributed by atoms with E-state index in [4.69, 9.17) is 9.97 Å². The van der Waals surface area contributed by atoms with Gasteiger partial charge in [-0.25, -0.2) is 9.97 Å². The van der Waals surface area contributed by atoms with Crippen molar-refractivity contribution in [1.29, 1.82) is 0 Å². The van der Waals surface area contributed by atoms with E-state index in [1.54, 1.807) is 28.9 Å². The molecule has 0 spiro atoms. The molecule has 4 aromatic heterocycles. The average Bonchev–Trinajstić information content (AvgIpc) is 3.25. The average molecular weight is 367 g/mol. The Bertz CT molecular complexity index is 1010. The Morgan fingerprint density at radius 3 is 2.72 bits per heavy atom. The van der Waals surface area contributed by atoms with Gasteiger partial charge < -0.3 is 5.32 Å². The van der Waals surface area contributed by atoms with Crippen LogP contribution in [0, 0.1) is 13.8 Å². The molecule has 0 fully saturated rings. The molecule has 4 nitrogen and oxygen atoms in total. The summed E-state index contributed by atoms with van der Waals surface area (Å²) in [6.07, 6.45) is 3.68. The molecule has 4 aromatic rings. The van der Waals surface area contributed by atoms with Crippen molar-refractivity contribution in [2.45, 2.75) is 26.8 Å². The van der Waals surface area contributed by atoms with Crippen molar-refractivity contribution in [2.75, 3.05) is 5.32 Å². The first-order chi connectivity index (χ1) is 12.1. The van der Waals surface area contributed by atoms with E-state index >= 15 is 0 Å². The summed E-state index contributed by atoms with van der Waals surface area (Å²) < 4.78 is 0. The molecule has 0 aliphatic rings. The number of nitrogens with zero attached hydrogens (tertiary/aromatic N) is 3.